The van der Waals surface area contributed by atoms with E-state index in [1.165, 1.54) is 0 Å². The van der Waals surface area contributed by atoms with Gasteiger partial charge < -0.3 is 20.5 Å². The average Bonchev–Trinajstić information content (AvgIpc) is 2.85. The van der Waals surface area contributed by atoms with E-state index in [4.69, 9.17) is 15.2 Å². The molecule has 0 saturated carbocycles. The number of carbonyl (C=O) groups is 1. The van der Waals surface area contributed by atoms with Crippen LogP contribution in [-0.4, -0.2) is 12.7 Å². The summed E-state index contributed by atoms with van der Waals surface area (Å²) in [5.41, 5.74) is 7.32. The van der Waals surface area contributed by atoms with E-state index in [0.29, 0.717) is 28.4 Å². The number of nitrogens with one attached hydrogen (secondary N) is 1. The molecule has 0 unspecified atom stereocenters. The molecule has 0 bridgehead atoms. The molecular weight excluding hydrogens is 404 g/mol. The number of anilines is 2. The summed E-state index contributed by atoms with van der Waals surface area (Å²) in [6, 6.07) is 8.59. The molecule has 0 aliphatic carbocycles. The summed E-state index contributed by atoms with van der Waals surface area (Å²) < 4.78 is 12.1. The molecule has 21 heavy (non-hydrogen) atoms. The predicted octanol–water partition coefficient (Wildman–Crippen LogP) is 3.77. The van der Waals surface area contributed by atoms with E-state index in [1.807, 2.05) is 6.07 Å². The number of rotatable bonds is 2. The summed E-state index contributed by atoms with van der Waals surface area (Å²) in [5.74, 6) is 0.883. The van der Waals surface area contributed by atoms with Gasteiger partial charge >= 0.3 is 0 Å². The van der Waals surface area contributed by atoms with Crippen LogP contribution in [0.5, 0.6) is 11.5 Å². The number of hydrogen-bond acceptors (Lipinski definition) is 4. The van der Waals surface area contributed by atoms with E-state index in [1.54, 1.807) is 24.3 Å². The molecule has 1 aliphatic heterocycles. The molecule has 0 saturated heterocycles. The van der Waals surface area contributed by atoms with Crippen LogP contribution in [0.2, 0.25) is 0 Å². The van der Waals surface area contributed by atoms with Crippen LogP contribution in [0.25, 0.3) is 0 Å². The van der Waals surface area contributed by atoms with Gasteiger partial charge in [0.25, 0.3) is 5.91 Å². The maximum absolute atomic E-state index is 12.3. The Hall–Kier alpha value is -1.73. The van der Waals surface area contributed by atoms with Crippen LogP contribution >= 0.6 is 31.9 Å². The van der Waals surface area contributed by atoms with Crippen molar-refractivity contribution < 1.29 is 14.3 Å². The molecule has 2 aromatic rings. The molecule has 7 heteroatoms. The fraction of sp³-hybridized carbons (Fsp3) is 0.0714. The summed E-state index contributed by atoms with van der Waals surface area (Å²) in [4.78, 5) is 12.3. The van der Waals surface area contributed by atoms with Gasteiger partial charge in [-0.2, -0.15) is 0 Å². The number of nitrogen functional groups attached to an aromatic ring is 1. The second-order valence-corrected chi connectivity index (χ2v) is 6.24. The normalized spacial score (nSPS) is 12.3. The first-order chi connectivity index (χ1) is 10.0. The standard InChI is InChI=1S/C14H10Br2N2O3/c15-8-1-7(2-9(16)3-8)14(19)18-11-5-13-12(4-10(11)17)20-6-21-13/h1-5H,6,17H2,(H,18,19). The highest BCUT2D eigenvalue weighted by molar-refractivity contribution is 9.11. The molecule has 1 heterocycles. The molecule has 1 amide bonds. The summed E-state index contributed by atoms with van der Waals surface area (Å²) >= 11 is 6.70. The Morgan fingerprint density at radius 1 is 1.05 bits per heavy atom. The lowest BCUT2D eigenvalue weighted by Crippen LogP contribution is -2.13. The third-order valence-corrected chi connectivity index (χ3v) is 3.83. The van der Waals surface area contributed by atoms with Gasteiger partial charge in [0, 0.05) is 26.6 Å². The van der Waals surface area contributed by atoms with Gasteiger partial charge in [0.15, 0.2) is 11.5 Å². The fourth-order valence-electron chi connectivity index (χ4n) is 1.95. The van der Waals surface area contributed by atoms with Crippen LogP contribution in [0.1, 0.15) is 10.4 Å². The van der Waals surface area contributed by atoms with Crippen molar-refractivity contribution in [2.75, 3.05) is 17.8 Å². The van der Waals surface area contributed by atoms with Crippen LogP contribution in [0.3, 0.4) is 0 Å². The van der Waals surface area contributed by atoms with Gasteiger partial charge in [-0.3, -0.25) is 4.79 Å². The zero-order chi connectivity index (χ0) is 15.0. The number of halogens is 2. The van der Waals surface area contributed by atoms with Crippen LogP contribution in [0.15, 0.2) is 39.3 Å². The van der Waals surface area contributed by atoms with Crippen molar-refractivity contribution in [1.29, 1.82) is 0 Å². The number of carbonyl (C=O) groups excluding carboxylic acids is 1. The van der Waals surface area contributed by atoms with Crippen LogP contribution in [-0.2, 0) is 0 Å². The smallest absolute Gasteiger partial charge is 0.255 e. The number of amides is 1. The molecule has 0 aromatic heterocycles. The van der Waals surface area contributed by atoms with Crippen molar-refractivity contribution in [1.82, 2.24) is 0 Å². The number of ether oxygens (including phenoxy) is 2. The maximum atomic E-state index is 12.3. The Labute approximate surface area is 137 Å². The summed E-state index contributed by atoms with van der Waals surface area (Å²) in [5, 5.41) is 2.77. The van der Waals surface area contributed by atoms with Gasteiger partial charge in [0.05, 0.1) is 11.4 Å². The van der Waals surface area contributed by atoms with Crippen molar-refractivity contribution >= 4 is 49.1 Å². The lowest BCUT2D eigenvalue weighted by Gasteiger charge is -2.10. The molecule has 0 fully saturated rings. The number of fused-ring (bicyclic) bond motifs is 1. The molecule has 0 radical (unpaired) electrons. The largest absolute Gasteiger partial charge is 0.454 e. The second-order valence-electron chi connectivity index (χ2n) is 4.40. The molecule has 5 nitrogen and oxygen atoms in total. The Bertz CT molecular complexity index is 714. The van der Waals surface area contributed by atoms with Crippen molar-refractivity contribution in [2.24, 2.45) is 0 Å². The Balaban J connectivity index is 1.88. The highest BCUT2D eigenvalue weighted by Gasteiger charge is 2.18. The van der Waals surface area contributed by atoms with Gasteiger partial charge in [0.1, 0.15) is 0 Å². The highest BCUT2D eigenvalue weighted by atomic mass is 79.9. The van der Waals surface area contributed by atoms with E-state index in [0.717, 1.165) is 8.95 Å². The number of benzene rings is 2. The first kappa shape index (κ1) is 14.2. The molecule has 3 N–H and O–H groups in total. The van der Waals surface area contributed by atoms with Gasteiger partial charge in [-0.25, -0.2) is 0 Å². The lowest BCUT2D eigenvalue weighted by molar-refractivity contribution is 0.102. The molecule has 1 aliphatic rings. The predicted molar refractivity (Wildman–Crippen MR) is 86.8 cm³/mol. The van der Waals surface area contributed by atoms with E-state index < -0.39 is 0 Å². The van der Waals surface area contributed by atoms with Crippen molar-refractivity contribution in [3.05, 3.63) is 44.8 Å². The van der Waals surface area contributed by atoms with Crippen LogP contribution < -0.4 is 20.5 Å². The van der Waals surface area contributed by atoms with Gasteiger partial charge in [-0.1, -0.05) is 31.9 Å². The highest BCUT2D eigenvalue weighted by Crippen LogP contribution is 2.38. The zero-order valence-corrected chi connectivity index (χ0v) is 13.8. The SMILES string of the molecule is Nc1cc2c(cc1NC(=O)c1cc(Br)cc(Br)c1)OCO2. The van der Waals surface area contributed by atoms with Crippen LogP contribution in [0, 0.1) is 0 Å². The molecule has 2 aromatic carbocycles. The van der Waals surface area contributed by atoms with Gasteiger partial charge in [-0.05, 0) is 18.2 Å². The quantitative estimate of drug-likeness (QED) is 0.735. The third-order valence-electron chi connectivity index (χ3n) is 2.92. The van der Waals surface area contributed by atoms with E-state index in [2.05, 4.69) is 37.2 Å². The summed E-state index contributed by atoms with van der Waals surface area (Å²) in [6.07, 6.45) is 0. The van der Waals surface area contributed by atoms with Gasteiger partial charge in [0.2, 0.25) is 6.79 Å². The second kappa shape index (κ2) is 5.57. The van der Waals surface area contributed by atoms with Crippen molar-refractivity contribution in [3.8, 4) is 11.5 Å². The number of hydrogen-bond donors (Lipinski definition) is 2. The minimum absolute atomic E-state index is 0.157. The maximum Gasteiger partial charge on any atom is 0.255 e. The zero-order valence-electron chi connectivity index (χ0n) is 10.7. The molecular formula is C14H10Br2N2O3. The topological polar surface area (TPSA) is 73.6 Å². The molecule has 0 spiro atoms. The van der Waals surface area contributed by atoms with E-state index in [-0.39, 0.29) is 12.7 Å². The minimum Gasteiger partial charge on any atom is -0.454 e. The molecule has 108 valence electrons. The van der Waals surface area contributed by atoms with E-state index >= 15 is 0 Å². The summed E-state index contributed by atoms with van der Waals surface area (Å²) in [7, 11) is 0. The minimum atomic E-state index is -0.262. The first-order valence-corrected chi connectivity index (χ1v) is 7.58. The Kier molecular flexibility index (Phi) is 3.77. The Morgan fingerprint density at radius 2 is 1.67 bits per heavy atom. The van der Waals surface area contributed by atoms with Crippen molar-refractivity contribution in [2.45, 2.75) is 0 Å². The monoisotopic (exact) mass is 412 g/mol. The van der Waals surface area contributed by atoms with Gasteiger partial charge in [-0.15, -0.1) is 0 Å². The average molecular weight is 414 g/mol. The Morgan fingerprint density at radius 3 is 2.33 bits per heavy atom. The van der Waals surface area contributed by atoms with Crippen molar-refractivity contribution in [3.63, 3.8) is 0 Å². The lowest BCUT2D eigenvalue weighted by atomic mass is 10.2. The van der Waals surface area contributed by atoms with E-state index in [9.17, 15) is 4.79 Å². The third kappa shape index (κ3) is 2.98. The molecule has 3 rings (SSSR count). The fourth-order valence-corrected chi connectivity index (χ4v) is 3.24. The summed E-state index contributed by atoms with van der Waals surface area (Å²) in [6.45, 7) is 0.157. The number of nitrogens with two attached hydrogens (primary N) is 1. The van der Waals surface area contributed by atoms with Crippen LogP contribution in [0.4, 0.5) is 11.4 Å². The first-order valence-electron chi connectivity index (χ1n) is 5.99. The molecule has 0 atom stereocenters.